The van der Waals surface area contributed by atoms with E-state index in [2.05, 4.69) is 25.0 Å². The molecule has 1 heteroatoms. The second-order valence-electron chi connectivity index (χ2n) is 2.81. The molecular formula is C12H14O. The second-order valence-corrected chi connectivity index (χ2v) is 2.81. The summed E-state index contributed by atoms with van der Waals surface area (Å²) < 4.78 is 4.80. The van der Waals surface area contributed by atoms with Crippen LogP contribution in [0.4, 0.5) is 0 Å². The van der Waals surface area contributed by atoms with Crippen LogP contribution in [-0.4, -0.2) is 13.4 Å². The molecule has 0 saturated carbocycles. The molecule has 1 rings (SSSR count). The molecule has 0 saturated heterocycles. The summed E-state index contributed by atoms with van der Waals surface area (Å²) in [6, 6.07) is 10.2. The van der Waals surface area contributed by atoms with E-state index in [1.165, 1.54) is 5.56 Å². The molecule has 0 aromatic heterocycles. The van der Waals surface area contributed by atoms with E-state index in [-0.39, 0.29) is 0 Å². The molecule has 0 heterocycles. The van der Waals surface area contributed by atoms with Gasteiger partial charge in [0.05, 0.1) is 0 Å². The Bertz CT molecular complexity index is 274. The zero-order chi connectivity index (χ0) is 9.52. The van der Waals surface area contributed by atoms with Crippen molar-refractivity contribution in [3.63, 3.8) is 0 Å². The monoisotopic (exact) mass is 174 g/mol. The molecule has 1 atom stereocenters. The molecule has 0 aliphatic rings. The van der Waals surface area contributed by atoms with Gasteiger partial charge in [-0.05, 0) is 17.8 Å². The predicted molar refractivity (Wildman–Crippen MR) is 55.6 cm³/mol. The van der Waals surface area contributed by atoms with Gasteiger partial charge in [0.25, 0.3) is 0 Å². The third kappa shape index (κ3) is 2.86. The summed E-state index contributed by atoms with van der Waals surface area (Å²) in [6.07, 6.45) is 5.50. The Kier molecular flexibility index (Phi) is 3.97. The van der Waals surface area contributed by atoms with E-state index in [0.29, 0.717) is 5.92 Å². The van der Waals surface area contributed by atoms with Crippen LogP contribution in [0.5, 0.6) is 0 Å². The number of allylic oxidation sites excluding steroid dienone is 1. The SMILES string of the molecule is C=CC(C[C-]=[O+]C)c1ccccc1. The van der Waals surface area contributed by atoms with E-state index in [1.807, 2.05) is 24.3 Å². The van der Waals surface area contributed by atoms with E-state index in [9.17, 15) is 0 Å². The highest BCUT2D eigenvalue weighted by molar-refractivity contribution is 5.54. The van der Waals surface area contributed by atoms with Gasteiger partial charge in [0, 0.05) is 0 Å². The Labute approximate surface area is 79.4 Å². The fourth-order valence-electron chi connectivity index (χ4n) is 1.21. The summed E-state index contributed by atoms with van der Waals surface area (Å²) in [6.45, 7) is 3.79. The van der Waals surface area contributed by atoms with Crippen LogP contribution in [0, 0.1) is 0 Å². The van der Waals surface area contributed by atoms with Crippen molar-refractivity contribution in [2.45, 2.75) is 12.3 Å². The first-order valence-corrected chi connectivity index (χ1v) is 4.32. The zero-order valence-corrected chi connectivity index (χ0v) is 7.86. The van der Waals surface area contributed by atoms with Gasteiger partial charge in [-0.15, -0.1) is 6.58 Å². The molecular weight excluding hydrogens is 160 g/mol. The van der Waals surface area contributed by atoms with E-state index in [0.717, 1.165) is 6.42 Å². The van der Waals surface area contributed by atoms with E-state index in [4.69, 9.17) is 4.42 Å². The Balaban J connectivity index is 2.72. The first kappa shape index (κ1) is 9.72. The van der Waals surface area contributed by atoms with Crippen LogP contribution < -0.4 is 0 Å². The van der Waals surface area contributed by atoms with E-state index >= 15 is 0 Å². The van der Waals surface area contributed by atoms with Crippen molar-refractivity contribution >= 4 is 6.29 Å². The van der Waals surface area contributed by atoms with Crippen molar-refractivity contribution < 1.29 is 4.42 Å². The largest absolute Gasteiger partial charge is 0.459 e. The maximum atomic E-state index is 4.80. The van der Waals surface area contributed by atoms with Crippen molar-refractivity contribution in [3.05, 3.63) is 48.6 Å². The quantitative estimate of drug-likeness (QED) is 0.377. The lowest BCUT2D eigenvalue weighted by molar-refractivity contribution is 0.180. The number of hydrogen-bond donors (Lipinski definition) is 0. The van der Waals surface area contributed by atoms with Crippen LogP contribution >= 0.6 is 0 Å². The van der Waals surface area contributed by atoms with Gasteiger partial charge in [0.15, 0.2) is 0 Å². The lowest BCUT2D eigenvalue weighted by Gasteiger charge is -2.11. The summed E-state index contributed by atoms with van der Waals surface area (Å²) in [7, 11) is 1.62. The van der Waals surface area contributed by atoms with Crippen molar-refractivity contribution in [2.75, 3.05) is 7.11 Å². The molecule has 0 amide bonds. The summed E-state index contributed by atoms with van der Waals surface area (Å²) >= 11 is 0. The highest BCUT2D eigenvalue weighted by atomic mass is 16.4. The molecule has 13 heavy (non-hydrogen) atoms. The fourth-order valence-corrected chi connectivity index (χ4v) is 1.21. The minimum Gasteiger partial charge on any atom is -0.459 e. The van der Waals surface area contributed by atoms with Crippen molar-refractivity contribution in [3.8, 4) is 0 Å². The number of hydrogen-bond acceptors (Lipinski definition) is 0. The van der Waals surface area contributed by atoms with Gasteiger partial charge in [0.2, 0.25) is 7.11 Å². The predicted octanol–water partition coefficient (Wildman–Crippen LogP) is 2.62. The molecule has 0 radical (unpaired) electrons. The van der Waals surface area contributed by atoms with Crippen LogP contribution in [-0.2, 0) is 4.42 Å². The van der Waals surface area contributed by atoms with E-state index < -0.39 is 0 Å². The summed E-state index contributed by atoms with van der Waals surface area (Å²) in [5.41, 5.74) is 1.25. The van der Waals surface area contributed by atoms with Crippen molar-refractivity contribution in [1.29, 1.82) is 0 Å². The molecule has 0 aliphatic carbocycles. The van der Waals surface area contributed by atoms with Gasteiger partial charge in [-0.2, -0.15) is 0 Å². The van der Waals surface area contributed by atoms with Gasteiger partial charge in [-0.25, -0.2) is 0 Å². The van der Waals surface area contributed by atoms with Crippen LogP contribution in [0.25, 0.3) is 0 Å². The highest BCUT2D eigenvalue weighted by Crippen LogP contribution is 2.18. The van der Waals surface area contributed by atoms with Crippen molar-refractivity contribution in [1.82, 2.24) is 0 Å². The van der Waals surface area contributed by atoms with Crippen LogP contribution in [0.15, 0.2) is 43.0 Å². The van der Waals surface area contributed by atoms with Crippen LogP contribution in [0.2, 0.25) is 0 Å². The maximum absolute atomic E-state index is 4.80. The minimum absolute atomic E-state index is 0.307. The van der Waals surface area contributed by atoms with Crippen LogP contribution in [0.1, 0.15) is 17.9 Å². The maximum Gasteiger partial charge on any atom is 0.208 e. The zero-order valence-electron chi connectivity index (χ0n) is 7.86. The Hall–Kier alpha value is -1.37. The Morgan fingerprint density at radius 1 is 1.46 bits per heavy atom. The van der Waals surface area contributed by atoms with Gasteiger partial charge >= 0.3 is 0 Å². The molecule has 0 aliphatic heterocycles. The highest BCUT2D eigenvalue weighted by Gasteiger charge is 2.01. The number of benzene rings is 1. The third-order valence-electron chi connectivity index (χ3n) is 1.96. The lowest BCUT2D eigenvalue weighted by Crippen LogP contribution is -1.95. The molecule has 0 fully saturated rings. The molecule has 0 bridgehead atoms. The first-order chi connectivity index (χ1) is 6.38. The number of carbonyl (C=O) groups excluding carboxylic acids is 1. The fraction of sp³-hybridized carbons (Fsp3) is 0.250. The van der Waals surface area contributed by atoms with Gasteiger partial charge in [-0.3, -0.25) is 0 Å². The Morgan fingerprint density at radius 2 is 2.15 bits per heavy atom. The molecule has 1 nitrogen and oxygen atoms in total. The second kappa shape index (κ2) is 5.31. The average molecular weight is 174 g/mol. The normalized spacial score (nSPS) is 13.0. The van der Waals surface area contributed by atoms with Gasteiger partial charge in [0.1, 0.15) is 0 Å². The molecule has 68 valence electrons. The molecule has 0 N–H and O–H groups in total. The van der Waals surface area contributed by atoms with Gasteiger partial charge < -0.3 is 4.42 Å². The topological polar surface area (TPSA) is 11.3 Å². The minimum atomic E-state index is 0.307. The molecule has 1 unspecified atom stereocenters. The first-order valence-electron chi connectivity index (χ1n) is 4.32. The van der Waals surface area contributed by atoms with Gasteiger partial charge in [-0.1, -0.05) is 42.8 Å². The Morgan fingerprint density at radius 3 is 2.69 bits per heavy atom. The number of rotatable bonds is 4. The molecule has 1 aromatic rings. The smallest absolute Gasteiger partial charge is 0.208 e. The third-order valence-corrected chi connectivity index (χ3v) is 1.96. The van der Waals surface area contributed by atoms with Crippen LogP contribution in [0.3, 0.4) is 0 Å². The summed E-state index contributed by atoms with van der Waals surface area (Å²) in [5, 5.41) is 0. The molecule has 1 aromatic carbocycles. The van der Waals surface area contributed by atoms with Crippen molar-refractivity contribution in [2.24, 2.45) is 0 Å². The average Bonchev–Trinajstić information content (AvgIpc) is 2.21. The van der Waals surface area contributed by atoms with E-state index in [1.54, 1.807) is 7.11 Å². The standard InChI is InChI=1S/C12H14O/c1-3-11(9-10-13-2)12-7-5-4-6-8-12/h3-8,11H,1,9H2,2H3. The lowest BCUT2D eigenvalue weighted by atomic mass is 9.97. The summed E-state index contributed by atoms with van der Waals surface area (Å²) in [5.74, 6) is 0.307. The molecule has 0 spiro atoms. The summed E-state index contributed by atoms with van der Waals surface area (Å²) in [4.78, 5) is 0.